The van der Waals surface area contributed by atoms with E-state index in [0.717, 1.165) is 24.0 Å². The molecule has 0 aliphatic rings. The average Bonchev–Trinajstić information content (AvgIpc) is 2.71. The topological polar surface area (TPSA) is 20.2 Å². The molecule has 3 aromatic rings. The molecule has 0 radical (unpaired) electrons. The van der Waals surface area contributed by atoms with E-state index in [1.807, 2.05) is 24.3 Å². The minimum absolute atomic E-state index is 0.125. The Morgan fingerprint density at radius 2 is 1.69 bits per heavy atom. The Labute approximate surface area is 182 Å². The average molecular weight is 423 g/mol. The highest BCUT2D eigenvalue weighted by molar-refractivity contribution is 7.80. The van der Waals surface area contributed by atoms with Crippen LogP contribution in [0.15, 0.2) is 66.7 Å². The van der Waals surface area contributed by atoms with E-state index in [-0.39, 0.29) is 10.4 Å². The standard InChI is InChI=1S/C26H31OPS/c1-5-26(4,28-25-18(2)11-9-15-22(25)19(3)29)23-16-10-14-21(24(23)27)17-20-12-7-6-8-13-20/h6-16,19,27-29H,5,17H2,1-4H3. The number of hydrogen-bond acceptors (Lipinski definition) is 2. The van der Waals surface area contributed by atoms with Crippen molar-refractivity contribution in [3.8, 4) is 5.75 Å². The molecule has 0 saturated heterocycles. The van der Waals surface area contributed by atoms with Gasteiger partial charge in [-0.2, -0.15) is 12.6 Å². The summed E-state index contributed by atoms with van der Waals surface area (Å²) < 4.78 is 0. The molecule has 0 aliphatic heterocycles. The first-order valence-corrected chi connectivity index (χ1v) is 11.8. The molecule has 0 aliphatic carbocycles. The normalized spacial score (nSPS) is 14.8. The Hall–Kier alpha value is -1.76. The maximum Gasteiger partial charge on any atom is 0.123 e. The van der Waals surface area contributed by atoms with E-state index in [4.69, 9.17) is 12.6 Å². The molecule has 1 N–H and O–H groups in total. The number of hydrogen-bond donors (Lipinski definition) is 2. The summed E-state index contributed by atoms with van der Waals surface area (Å²) in [7, 11) is 0.568. The van der Waals surface area contributed by atoms with Crippen LogP contribution in [-0.2, 0) is 11.6 Å². The lowest BCUT2D eigenvalue weighted by atomic mass is 9.92. The van der Waals surface area contributed by atoms with Crippen LogP contribution in [0, 0.1) is 6.92 Å². The molecule has 3 heteroatoms. The lowest BCUT2D eigenvalue weighted by Crippen LogP contribution is -2.22. The van der Waals surface area contributed by atoms with E-state index >= 15 is 0 Å². The first-order valence-electron chi connectivity index (χ1n) is 10.3. The monoisotopic (exact) mass is 422 g/mol. The number of phenolic OH excluding ortho intramolecular Hbond substituents is 1. The van der Waals surface area contributed by atoms with Gasteiger partial charge < -0.3 is 5.11 Å². The number of benzene rings is 3. The van der Waals surface area contributed by atoms with Crippen LogP contribution in [0.3, 0.4) is 0 Å². The zero-order valence-electron chi connectivity index (χ0n) is 17.7. The van der Waals surface area contributed by atoms with Crippen LogP contribution < -0.4 is 5.30 Å². The molecule has 3 atom stereocenters. The van der Waals surface area contributed by atoms with Gasteiger partial charge in [0.1, 0.15) is 5.75 Å². The fraction of sp³-hybridized carbons (Fsp3) is 0.308. The van der Waals surface area contributed by atoms with E-state index in [1.165, 1.54) is 22.0 Å². The highest BCUT2D eigenvalue weighted by Gasteiger charge is 2.30. The van der Waals surface area contributed by atoms with Crippen molar-refractivity contribution in [2.75, 3.05) is 0 Å². The Balaban J connectivity index is 2.01. The fourth-order valence-corrected chi connectivity index (χ4v) is 5.95. The smallest absolute Gasteiger partial charge is 0.123 e. The van der Waals surface area contributed by atoms with Crippen molar-refractivity contribution in [3.63, 3.8) is 0 Å². The van der Waals surface area contributed by atoms with Gasteiger partial charge in [0.25, 0.3) is 0 Å². The van der Waals surface area contributed by atoms with Crippen molar-refractivity contribution in [1.82, 2.24) is 0 Å². The van der Waals surface area contributed by atoms with Crippen LogP contribution in [0.4, 0.5) is 0 Å². The van der Waals surface area contributed by atoms with Gasteiger partial charge in [-0.1, -0.05) is 89.2 Å². The summed E-state index contributed by atoms with van der Waals surface area (Å²) >= 11 is 4.72. The molecule has 1 nitrogen and oxygen atoms in total. The predicted octanol–water partition coefficient (Wildman–Crippen LogP) is 6.91. The van der Waals surface area contributed by atoms with Gasteiger partial charge in [-0.3, -0.25) is 0 Å². The molecule has 0 aromatic heterocycles. The molecule has 0 saturated carbocycles. The first kappa shape index (κ1) is 21.9. The molecular formula is C26H31OPS. The molecule has 0 heterocycles. The van der Waals surface area contributed by atoms with Crippen LogP contribution in [0.25, 0.3) is 0 Å². The molecule has 3 rings (SSSR count). The summed E-state index contributed by atoms with van der Waals surface area (Å²) in [4.78, 5) is 0. The highest BCUT2D eigenvalue weighted by atomic mass is 32.1. The molecule has 3 aromatic carbocycles. The van der Waals surface area contributed by atoms with E-state index < -0.39 is 0 Å². The highest BCUT2D eigenvalue weighted by Crippen LogP contribution is 2.49. The molecule has 0 amide bonds. The molecule has 29 heavy (non-hydrogen) atoms. The number of phenols is 1. The van der Waals surface area contributed by atoms with Crippen molar-refractivity contribution in [2.45, 2.75) is 50.9 Å². The van der Waals surface area contributed by atoms with Crippen LogP contribution in [0.1, 0.15) is 60.3 Å². The van der Waals surface area contributed by atoms with E-state index in [0.29, 0.717) is 14.3 Å². The Morgan fingerprint density at radius 1 is 1.00 bits per heavy atom. The second kappa shape index (κ2) is 9.37. The molecule has 3 unspecified atom stereocenters. The molecule has 0 spiro atoms. The van der Waals surface area contributed by atoms with Gasteiger partial charge in [0.05, 0.1) is 0 Å². The molecular weight excluding hydrogens is 391 g/mol. The van der Waals surface area contributed by atoms with Crippen molar-refractivity contribution in [3.05, 3.63) is 94.5 Å². The number of aryl methyl sites for hydroxylation is 1. The summed E-state index contributed by atoms with van der Waals surface area (Å²) in [6.07, 6.45) is 1.70. The van der Waals surface area contributed by atoms with Gasteiger partial charge in [0.15, 0.2) is 0 Å². The summed E-state index contributed by atoms with van der Waals surface area (Å²) in [5, 5.41) is 12.7. The second-order valence-corrected chi connectivity index (χ2v) is 10.6. The largest absolute Gasteiger partial charge is 0.507 e. The van der Waals surface area contributed by atoms with Crippen molar-refractivity contribution in [2.24, 2.45) is 0 Å². The molecule has 0 fully saturated rings. The van der Waals surface area contributed by atoms with E-state index in [2.05, 4.69) is 70.2 Å². The minimum Gasteiger partial charge on any atom is -0.507 e. The van der Waals surface area contributed by atoms with Gasteiger partial charge in [0.2, 0.25) is 0 Å². The zero-order chi connectivity index (χ0) is 21.0. The van der Waals surface area contributed by atoms with Crippen LogP contribution >= 0.6 is 21.2 Å². The second-order valence-electron chi connectivity index (χ2n) is 8.00. The number of rotatable bonds is 7. The number of para-hydroxylation sites is 1. The van der Waals surface area contributed by atoms with Crippen molar-refractivity contribution < 1.29 is 5.11 Å². The maximum absolute atomic E-state index is 11.2. The third-order valence-corrected chi connectivity index (χ3v) is 8.20. The van der Waals surface area contributed by atoms with Crippen molar-refractivity contribution in [1.29, 1.82) is 0 Å². The third kappa shape index (κ3) is 4.87. The van der Waals surface area contributed by atoms with E-state index in [1.54, 1.807) is 0 Å². The van der Waals surface area contributed by atoms with Crippen molar-refractivity contribution >= 4 is 26.5 Å². The minimum atomic E-state index is -0.125. The Kier molecular flexibility index (Phi) is 7.09. The maximum atomic E-state index is 11.2. The lowest BCUT2D eigenvalue weighted by Gasteiger charge is -2.32. The van der Waals surface area contributed by atoms with Crippen LogP contribution in [0.5, 0.6) is 5.75 Å². The Morgan fingerprint density at radius 3 is 2.34 bits per heavy atom. The molecule has 152 valence electrons. The summed E-state index contributed by atoms with van der Waals surface area (Å²) in [6, 6.07) is 23.1. The summed E-state index contributed by atoms with van der Waals surface area (Å²) in [5.41, 5.74) is 5.86. The van der Waals surface area contributed by atoms with Gasteiger partial charge in [0, 0.05) is 22.4 Å². The van der Waals surface area contributed by atoms with Gasteiger partial charge >= 0.3 is 0 Å². The van der Waals surface area contributed by atoms with Gasteiger partial charge in [-0.05, 0) is 47.8 Å². The summed E-state index contributed by atoms with van der Waals surface area (Å²) in [5.74, 6) is 0.447. The third-order valence-electron chi connectivity index (χ3n) is 5.81. The van der Waals surface area contributed by atoms with Gasteiger partial charge in [-0.25, -0.2) is 0 Å². The van der Waals surface area contributed by atoms with Gasteiger partial charge in [-0.15, -0.1) is 0 Å². The van der Waals surface area contributed by atoms with E-state index in [9.17, 15) is 5.11 Å². The van der Waals surface area contributed by atoms with Crippen LogP contribution in [-0.4, -0.2) is 5.11 Å². The lowest BCUT2D eigenvalue weighted by molar-refractivity contribution is 0.451. The Bertz CT molecular complexity index is 968. The number of thiol groups is 1. The number of aromatic hydroxyl groups is 1. The quantitative estimate of drug-likeness (QED) is 0.313. The fourth-order valence-electron chi connectivity index (χ4n) is 3.83. The first-order chi connectivity index (χ1) is 13.9. The predicted molar refractivity (Wildman–Crippen MR) is 132 cm³/mol. The molecule has 0 bridgehead atoms. The summed E-state index contributed by atoms with van der Waals surface area (Å²) in [6.45, 7) is 8.82. The SMILES string of the molecule is CCC(C)(Pc1c(C)cccc1C(C)S)c1cccc(Cc2ccccc2)c1O. The zero-order valence-corrected chi connectivity index (χ0v) is 19.6. The van der Waals surface area contributed by atoms with Crippen LogP contribution in [0.2, 0.25) is 0 Å².